The number of carbonyl (C=O) groups excluding carboxylic acids is 3. The molecule has 0 radical (unpaired) electrons. The van der Waals surface area contributed by atoms with Crippen molar-refractivity contribution in [1.82, 2.24) is 4.90 Å². The molecule has 3 aromatic carbocycles. The van der Waals surface area contributed by atoms with Crippen molar-refractivity contribution < 1.29 is 29.0 Å². The van der Waals surface area contributed by atoms with E-state index in [0.717, 1.165) is 53.2 Å². The SMILES string of the molecule is COc1ccc(C(C)(C)[C@H]2[C@H](CC(=O)N3CCC[C@H]3CO)O[C@@]3(C(=O)N(Cc4ccc(N5CCC5=O)cc4)c4ccccc43)[C@@H]2C)cc1. The van der Waals surface area contributed by atoms with Crippen LogP contribution in [0.2, 0.25) is 0 Å². The fourth-order valence-corrected chi connectivity index (χ4v) is 8.82. The van der Waals surface area contributed by atoms with Crippen molar-refractivity contribution in [2.45, 2.75) is 76.2 Å². The number of rotatable bonds is 9. The summed E-state index contributed by atoms with van der Waals surface area (Å²) in [6.07, 6.45) is 1.79. The van der Waals surface area contributed by atoms with Crippen LogP contribution in [0.4, 0.5) is 11.4 Å². The third kappa shape index (κ3) is 5.10. The van der Waals surface area contributed by atoms with Crippen molar-refractivity contribution in [1.29, 1.82) is 0 Å². The Bertz CT molecular complexity index is 1710. The van der Waals surface area contributed by atoms with Crippen molar-refractivity contribution in [3.05, 3.63) is 89.5 Å². The van der Waals surface area contributed by atoms with E-state index < -0.39 is 17.1 Å². The van der Waals surface area contributed by atoms with E-state index in [1.54, 1.807) is 16.9 Å². The number of fused-ring (bicyclic) bond motifs is 2. The Kier molecular flexibility index (Phi) is 8.32. The molecule has 3 fully saturated rings. The van der Waals surface area contributed by atoms with Crippen molar-refractivity contribution >= 4 is 29.1 Å². The molecule has 0 saturated carbocycles. The molecule has 48 heavy (non-hydrogen) atoms. The maximum absolute atomic E-state index is 15.0. The summed E-state index contributed by atoms with van der Waals surface area (Å²) in [4.78, 5) is 46.2. The monoisotopic (exact) mass is 651 g/mol. The second-order valence-electron chi connectivity index (χ2n) is 14.3. The molecule has 3 saturated heterocycles. The van der Waals surface area contributed by atoms with E-state index in [2.05, 4.69) is 32.9 Å². The van der Waals surface area contributed by atoms with Gasteiger partial charge < -0.3 is 29.3 Å². The van der Waals surface area contributed by atoms with Crippen LogP contribution in [0, 0.1) is 11.8 Å². The number of aliphatic hydroxyl groups is 1. The molecule has 1 spiro atoms. The highest BCUT2D eigenvalue weighted by molar-refractivity contribution is 6.07. The van der Waals surface area contributed by atoms with E-state index >= 15 is 0 Å². The van der Waals surface area contributed by atoms with E-state index in [-0.39, 0.29) is 48.6 Å². The number of ether oxygens (including phenoxy) is 2. The van der Waals surface area contributed by atoms with E-state index in [9.17, 15) is 19.5 Å². The highest BCUT2D eigenvalue weighted by Gasteiger charge is 2.66. The van der Waals surface area contributed by atoms with Crippen LogP contribution in [0.5, 0.6) is 5.75 Å². The summed E-state index contributed by atoms with van der Waals surface area (Å²) in [5.74, 6) is 0.231. The van der Waals surface area contributed by atoms with Gasteiger partial charge in [0.25, 0.3) is 5.91 Å². The second-order valence-corrected chi connectivity index (χ2v) is 14.3. The first kappa shape index (κ1) is 32.3. The summed E-state index contributed by atoms with van der Waals surface area (Å²) >= 11 is 0. The van der Waals surface area contributed by atoms with Crippen LogP contribution in [0.25, 0.3) is 0 Å². The summed E-state index contributed by atoms with van der Waals surface area (Å²) in [7, 11) is 1.65. The fraction of sp³-hybridized carbons (Fsp3) is 0.462. The van der Waals surface area contributed by atoms with Gasteiger partial charge in [-0.1, -0.05) is 63.2 Å². The van der Waals surface area contributed by atoms with Gasteiger partial charge in [-0.15, -0.1) is 0 Å². The van der Waals surface area contributed by atoms with Gasteiger partial charge in [0.15, 0.2) is 5.60 Å². The Morgan fingerprint density at radius 2 is 1.75 bits per heavy atom. The molecule has 3 aromatic rings. The first-order valence-corrected chi connectivity index (χ1v) is 17.1. The number of hydrogen-bond acceptors (Lipinski definition) is 6. The van der Waals surface area contributed by atoms with Gasteiger partial charge in [0, 0.05) is 42.6 Å². The number of likely N-dealkylation sites (tertiary alicyclic amines) is 1. The highest BCUT2D eigenvalue weighted by atomic mass is 16.5. The lowest BCUT2D eigenvalue weighted by Gasteiger charge is -2.39. The van der Waals surface area contributed by atoms with Crippen LogP contribution in [-0.2, 0) is 36.7 Å². The third-order valence-electron chi connectivity index (χ3n) is 11.5. The average Bonchev–Trinajstić information content (AvgIpc) is 3.75. The van der Waals surface area contributed by atoms with Gasteiger partial charge in [-0.2, -0.15) is 0 Å². The first-order chi connectivity index (χ1) is 23.1. The Balaban J connectivity index is 1.25. The van der Waals surface area contributed by atoms with Crippen molar-refractivity contribution in [3.63, 3.8) is 0 Å². The minimum absolute atomic E-state index is 0.0484. The summed E-state index contributed by atoms with van der Waals surface area (Å²) in [6.45, 7) is 8.09. The minimum atomic E-state index is -1.28. The molecule has 4 aliphatic rings. The van der Waals surface area contributed by atoms with Gasteiger partial charge in [-0.3, -0.25) is 14.4 Å². The number of amides is 3. The molecule has 4 heterocycles. The van der Waals surface area contributed by atoms with Gasteiger partial charge in [-0.05, 0) is 59.7 Å². The second kappa shape index (κ2) is 12.3. The maximum Gasteiger partial charge on any atom is 0.264 e. The molecule has 0 aromatic heterocycles. The number of anilines is 2. The summed E-state index contributed by atoms with van der Waals surface area (Å²) in [5, 5.41) is 9.99. The minimum Gasteiger partial charge on any atom is -0.497 e. The van der Waals surface area contributed by atoms with Crippen molar-refractivity contribution in [2.75, 3.05) is 36.6 Å². The summed E-state index contributed by atoms with van der Waals surface area (Å²) in [5.41, 5.74) is 2.77. The smallest absolute Gasteiger partial charge is 0.264 e. The van der Waals surface area contributed by atoms with Crippen LogP contribution in [-0.4, -0.2) is 66.7 Å². The molecule has 0 unspecified atom stereocenters. The zero-order chi connectivity index (χ0) is 33.8. The molecule has 0 aliphatic carbocycles. The normalized spacial score (nSPS) is 26.7. The number of benzene rings is 3. The number of para-hydroxylation sites is 1. The number of β-lactam (4-membered cyclic amide) rings is 1. The molecule has 252 valence electrons. The first-order valence-electron chi connectivity index (χ1n) is 17.1. The summed E-state index contributed by atoms with van der Waals surface area (Å²) < 4.78 is 12.5. The quantitative estimate of drug-likeness (QED) is 0.321. The predicted molar refractivity (Wildman–Crippen MR) is 183 cm³/mol. The highest BCUT2D eigenvalue weighted by Crippen LogP contribution is 2.60. The Morgan fingerprint density at radius 3 is 2.40 bits per heavy atom. The van der Waals surface area contributed by atoms with Crippen LogP contribution in [0.1, 0.15) is 63.1 Å². The molecule has 9 heteroatoms. The van der Waals surface area contributed by atoms with Crippen LogP contribution in [0.3, 0.4) is 0 Å². The van der Waals surface area contributed by atoms with Gasteiger partial charge in [0.1, 0.15) is 5.75 Å². The van der Waals surface area contributed by atoms with E-state index in [4.69, 9.17) is 9.47 Å². The van der Waals surface area contributed by atoms with Crippen LogP contribution >= 0.6 is 0 Å². The Morgan fingerprint density at radius 1 is 1.02 bits per heavy atom. The van der Waals surface area contributed by atoms with Gasteiger partial charge in [0.2, 0.25) is 11.8 Å². The van der Waals surface area contributed by atoms with Gasteiger partial charge in [-0.25, -0.2) is 0 Å². The Hall–Kier alpha value is -4.21. The molecule has 1 N–H and O–H groups in total. The van der Waals surface area contributed by atoms with Crippen LogP contribution < -0.4 is 14.5 Å². The molecule has 7 rings (SSSR count). The largest absolute Gasteiger partial charge is 0.497 e. The summed E-state index contributed by atoms with van der Waals surface area (Å²) in [6, 6.07) is 23.5. The van der Waals surface area contributed by atoms with Crippen molar-refractivity contribution in [3.8, 4) is 5.75 Å². The molecule has 9 nitrogen and oxygen atoms in total. The zero-order valence-corrected chi connectivity index (χ0v) is 28.2. The van der Waals surface area contributed by atoms with E-state index in [0.29, 0.717) is 19.5 Å². The number of nitrogens with zero attached hydrogens (tertiary/aromatic N) is 3. The van der Waals surface area contributed by atoms with Gasteiger partial charge >= 0.3 is 0 Å². The number of hydrogen-bond donors (Lipinski definition) is 1. The number of carbonyl (C=O) groups is 3. The number of aliphatic hydroxyl groups excluding tert-OH is 1. The molecule has 3 amide bonds. The van der Waals surface area contributed by atoms with Gasteiger partial charge in [0.05, 0.1) is 44.5 Å². The maximum atomic E-state index is 15.0. The molecule has 5 atom stereocenters. The Labute approximate surface area is 282 Å². The molecule has 0 bridgehead atoms. The van der Waals surface area contributed by atoms with E-state index in [1.165, 1.54) is 0 Å². The molecular weight excluding hydrogens is 606 g/mol. The lowest BCUT2D eigenvalue weighted by Crippen LogP contribution is -2.46. The lowest BCUT2D eigenvalue weighted by molar-refractivity contribution is -0.150. The third-order valence-corrected chi connectivity index (χ3v) is 11.5. The predicted octanol–water partition coefficient (Wildman–Crippen LogP) is 5.18. The molecular formula is C39H45N3O6. The van der Waals surface area contributed by atoms with Crippen molar-refractivity contribution in [2.24, 2.45) is 11.8 Å². The average molecular weight is 652 g/mol. The number of methoxy groups -OCH3 is 1. The molecule has 4 aliphatic heterocycles. The standard InChI is InChI=1S/C39H45N3O6/c1-25-36(38(2,3)27-13-17-30(47-4)18-14-27)33(22-35(45)40-20-7-8-29(40)24-43)48-39(25)31-9-5-6-10-32(31)42(37(39)46)23-26-11-15-28(16-12-26)41-21-19-34(41)44/h5-6,9-18,25,29,33,36,43H,7-8,19-24H2,1-4H3/t25-,29+,33+,36-,39+/m1/s1. The van der Waals surface area contributed by atoms with Crippen LogP contribution in [0.15, 0.2) is 72.8 Å². The zero-order valence-electron chi connectivity index (χ0n) is 28.2. The fourth-order valence-electron chi connectivity index (χ4n) is 8.82. The van der Waals surface area contributed by atoms with E-state index in [1.807, 2.05) is 65.6 Å². The lowest BCUT2D eigenvalue weighted by atomic mass is 9.63. The topological polar surface area (TPSA) is 99.6 Å².